The molecule has 1 saturated carbocycles. The minimum atomic E-state index is 0.0518. The summed E-state index contributed by atoms with van der Waals surface area (Å²) in [6.07, 6.45) is 5.86. The van der Waals surface area contributed by atoms with E-state index in [9.17, 15) is 4.79 Å². The molecule has 0 saturated heterocycles. The van der Waals surface area contributed by atoms with Gasteiger partial charge < -0.3 is 4.90 Å². The van der Waals surface area contributed by atoms with Gasteiger partial charge in [-0.3, -0.25) is 4.79 Å². The number of carbonyl (C=O) groups excluding carboxylic acids is 1. The summed E-state index contributed by atoms with van der Waals surface area (Å²) in [5.41, 5.74) is 3.88. The highest BCUT2D eigenvalue weighted by Crippen LogP contribution is 2.26. The highest BCUT2D eigenvalue weighted by Gasteiger charge is 2.27. The number of nitrogens with zero attached hydrogens (tertiary/aromatic N) is 2. The normalized spacial score (nSPS) is 15.0. The lowest BCUT2D eigenvalue weighted by Crippen LogP contribution is -2.41. The van der Waals surface area contributed by atoms with Crippen LogP contribution in [0, 0.1) is 6.92 Å². The quantitative estimate of drug-likeness (QED) is 0.615. The molecule has 1 aliphatic carbocycles. The van der Waals surface area contributed by atoms with Crippen LogP contribution in [0.4, 0.5) is 0 Å². The Morgan fingerprint density at radius 1 is 0.963 bits per heavy atom. The fourth-order valence-corrected chi connectivity index (χ4v) is 4.06. The van der Waals surface area contributed by atoms with E-state index in [4.69, 9.17) is 0 Å². The van der Waals surface area contributed by atoms with Crippen molar-refractivity contribution in [3.63, 3.8) is 0 Å². The summed E-state index contributed by atoms with van der Waals surface area (Å²) in [7, 11) is 0. The second-order valence-electron chi connectivity index (χ2n) is 7.54. The van der Waals surface area contributed by atoms with Crippen LogP contribution in [0.5, 0.6) is 0 Å². The van der Waals surface area contributed by atoms with Gasteiger partial charge in [-0.2, -0.15) is 0 Å². The van der Waals surface area contributed by atoms with Gasteiger partial charge in [0, 0.05) is 18.0 Å². The minimum Gasteiger partial charge on any atom is -0.330 e. The van der Waals surface area contributed by atoms with Gasteiger partial charge in [0.2, 0.25) is 0 Å². The first-order valence-corrected chi connectivity index (χ1v) is 9.93. The third kappa shape index (κ3) is 3.87. The molecule has 1 fully saturated rings. The van der Waals surface area contributed by atoms with E-state index in [-0.39, 0.29) is 5.91 Å². The first-order valence-electron chi connectivity index (χ1n) is 9.93. The van der Waals surface area contributed by atoms with Gasteiger partial charge in [-0.15, -0.1) is 0 Å². The standard InChI is InChI=1S/C24H26N2O/c1-18-9-5-6-11-20(18)17-26(21-12-3-2-4-13-21)24(27)23-16-15-19-10-7-8-14-22(19)25-23/h5-11,14-16,21H,2-4,12-13,17H2,1H3. The van der Waals surface area contributed by atoms with Crippen molar-refractivity contribution < 1.29 is 4.79 Å². The Kier molecular flexibility index (Phi) is 5.19. The van der Waals surface area contributed by atoms with E-state index in [2.05, 4.69) is 41.1 Å². The van der Waals surface area contributed by atoms with Gasteiger partial charge in [0.05, 0.1) is 5.52 Å². The SMILES string of the molecule is Cc1ccccc1CN(C(=O)c1ccc2ccccc2n1)C1CCCCC1. The van der Waals surface area contributed by atoms with E-state index >= 15 is 0 Å². The third-order valence-electron chi connectivity index (χ3n) is 5.70. The molecule has 0 spiro atoms. The zero-order chi connectivity index (χ0) is 18.6. The molecule has 27 heavy (non-hydrogen) atoms. The predicted molar refractivity (Wildman–Crippen MR) is 110 cm³/mol. The molecule has 4 rings (SSSR count). The van der Waals surface area contributed by atoms with Crippen molar-refractivity contribution in [2.45, 2.75) is 51.6 Å². The van der Waals surface area contributed by atoms with Gasteiger partial charge in [0.1, 0.15) is 5.69 Å². The number of para-hydroxylation sites is 1. The van der Waals surface area contributed by atoms with Crippen molar-refractivity contribution in [2.24, 2.45) is 0 Å². The van der Waals surface area contributed by atoms with Crippen LogP contribution in [0.15, 0.2) is 60.7 Å². The topological polar surface area (TPSA) is 33.2 Å². The maximum Gasteiger partial charge on any atom is 0.273 e. The van der Waals surface area contributed by atoms with E-state index in [0.717, 1.165) is 23.7 Å². The van der Waals surface area contributed by atoms with E-state index < -0.39 is 0 Å². The summed E-state index contributed by atoms with van der Waals surface area (Å²) < 4.78 is 0. The van der Waals surface area contributed by atoms with Crippen molar-refractivity contribution >= 4 is 16.8 Å². The number of aryl methyl sites for hydroxylation is 1. The zero-order valence-corrected chi connectivity index (χ0v) is 15.9. The Balaban J connectivity index is 1.67. The van der Waals surface area contributed by atoms with Crippen LogP contribution in [0.2, 0.25) is 0 Å². The molecule has 0 aliphatic heterocycles. The average molecular weight is 358 g/mol. The molecule has 3 heteroatoms. The molecule has 2 aromatic carbocycles. The average Bonchev–Trinajstić information content (AvgIpc) is 2.73. The molecule has 1 heterocycles. The number of fused-ring (bicyclic) bond motifs is 1. The first kappa shape index (κ1) is 17.7. The molecular weight excluding hydrogens is 332 g/mol. The summed E-state index contributed by atoms with van der Waals surface area (Å²) in [6.45, 7) is 2.78. The van der Waals surface area contributed by atoms with E-state index in [1.807, 2.05) is 36.4 Å². The van der Waals surface area contributed by atoms with Crippen LogP contribution in [0.3, 0.4) is 0 Å². The number of aromatic nitrogens is 1. The molecule has 0 unspecified atom stereocenters. The van der Waals surface area contributed by atoms with Crippen molar-refractivity contribution in [2.75, 3.05) is 0 Å². The molecule has 0 N–H and O–H groups in total. The molecule has 1 amide bonds. The molecule has 1 aromatic heterocycles. The number of carbonyl (C=O) groups is 1. The highest BCUT2D eigenvalue weighted by atomic mass is 16.2. The van der Waals surface area contributed by atoms with Crippen molar-refractivity contribution in [3.8, 4) is 0 Å². The Labute approximate surface area is 161 Å². The lowest BCUT2D eigenvalue weighted by atomic mass is 9.93. The number of amides is 1. The Morgan fingerprint density at radius 3 is 2.52 bits per heavy atom. The minimum absolute atomic E-state index is 0.0518. The maximum atomic E-state index is 13.5. The number of rotatable bonds is 4. The number of hydrogen-bond acceptors (Lipinski definition) is 2. The molecule has 138 valence electrons. The highest BCUT2D eigenvalue weighted by molar-refractivity contribution is 5.95. The van der Waals surface area contributed by atoms with Crippen LogP contribution in [-0.4, -0.2) is 21.8 Å². The maximum absolute atomic E-state index is 13.5. The first-order chi connectivity index (χ1) is 13.2. The molecule has 1 aliphatic rings. The number of benzene rings is 2. The van der Waals surface area contributed by atoms with E-state index in [0.29, 0.717) is 18.3 Å². The predicted octanol–water partition coefficient (Wildman–Crippen LogP) is 5.52. The molecule has 0 bridgehead atoms. The van der Waals surface area contributed by atoms with Crippen molar-refractivity contribution in [1.29, 1.82) is 0 Å². The smallest absolute Gasteiger partial charge is 0.273 e. The van der Waals surface area contributed by atoms with Gasteiger partial charge in [-0.1, -0.05) is 67.8 Å². The number of pyridine rings is 1. The summed E-state index contributed by atoms with van der Waals surface area (Å²) >= 11 is 0. The fraction of sp³-hybridized carbons (Fsp3) is 0.333. The van der Waals surface area contributed by atoms with Crippen molar-refractivity contribution in [1.82, 2.24) is 9.88 Å². The number of hydrogen-bond donors (Lipinski definition) is 0. The van der Waals surface area contributed by atoms with Gasteiger partial charge in [0.15, 0.2) is 0 Å². The third-order valence-corrected chi connectivity index (χ3v) is 5.70. The largest absolute Gasteiger partial charge is 0.330 e. The van der Waals surface area contributed by atoms with Crippen LogP contribution < -0.4 is 0 Å². The molecular formula is C24H26N2O. The van der Waals surface area contributed by atoms with Crippen molar-refractivity contribution in [3.05, 3.63) is 77.5 Å². The lowest BCUT2D eigenvalue weighted by Gasteiger charge is -2.34. The second-order valence-corrected chi connectivity index (χ2v) is 7.54. The summed E-state index contributed by atoms with van der Waals surface area (Å²) in [5.74, 6) is 0.0518. The van der Waals surface area contributed by atoms with Gasteiger partial charge in [-0.25, -0.2) is 4.98 Å². The van der Waals surface area contributed by atoms with Crippen LogP contribution in [0.25, 0.3) is 10.9 Å². The van der Waals surface area contributed by atoms with E-state index in [1.54, 1.807) is 0 Å². The monoisotopic (exact) mass is 358 g/mol. The van der Waals surface area contributed by atoms with Crippen LogP contribution in [0.1, 0.15) is 53.7 Å². The Hall–Kier alpha value is -2.68. The fourth-order valence-electron chi connectivity index (χ4n) is 4.06. The summed E-state index contributed by atoms with van der Waals surface area (Å²) in [6, 6.07) is 20.5. The molecule has 0 atom stereocenters. The van der Waals surface area contributed by atoms with Crippen LogP contribution >= 0.6 is 0 Å². The molecule has 3 aromatic rings. The van der Waals surface area contributed by atoms with Crippen LogP contribution in [-0.2, 0) is 6.54 Å². The zero-order valence-electron chi connectivity index (χ0n) is 15.9. The lowest BCUT2D eigenvalue weighted by molar-refractivity contribution is 0.0608. The summed E-state index contributed by atoms with van der Waals surface area (Å²) in [5, 5.41) is 1.07. The van der Waals surface area contributed by atoms with Gasteiger partial charge >= 0.3 is 0 Å². The van der Waals surface area contributed by atoms with E-state index in [1.165, 1.54) is 30.4 Å². The second kappa shape index (κ2) is 7.91. The Bertz CT molecular complexity index is 944. The summed E-state index contributed by atoms with van der Waals surface area (Å²) in [4.78, 5) is 20.2. The van der Waals surface area contributed by atoms with Gasteiger partial charge in [0.25, 0.3) is 5.91 Å². The molecule has 0 radical (unpaired) electrons. The van der Waals surface area contributed by atoms with Gasteiger partial charge in [-0.05, 0) is 43.0 Å². The Morgan fingerprint density at radius 2 is 1.70 bits per heavy atom. The molecule has 3 nitrogen and oxygen atoms in total.